The monoisotopic (exact) mass is 341 g/mol. The second-order valence-electron chi connectivity index (χ2n) is 5.89. The molecule has 1 aliphatic heterocycles. The fraction of sp³-hybridized carbons (Fsp3) is 0.533. The van der Waals surface area contributed by atoms with Gasteiger partial charge in [-0.25, -0.2) is 13.6 Å². The molecule has 0 saturated carbocycles. The number of rotatable bonds is 5. The van der Waals surface area contributed by atoms with E-state index in [1.54, 1.807) is 12.1 Å². The van der Waals surface area contributed by atoms with Crippen LogP contribution in [-0.4, -0.2) is 51.1 Å². The number of nitrogens with two attached hydrogens (primary N) is 1. The van der Waals surface area contributed by atoms with Crippen molar-refractivity contribution in [3.8, 4) is 0 Å². The Labute approximate surface area is 136 Å². The average Bonchev–Trinajstić information content (AvgIpc) is 2.43. The zero-order chi connectivity index (χ0) is 17.0. The van der Waals surface area contributed by atoms with Gasteiger partial charge < -0.3 is 10.1 Å². The van der Waals surface area contributed by atoms with Gasteiger partial charge in [-0.1, -0.05) is 6.07 Å². The van der Waals surface area contributed by atoms with Crippen LogP contribution in [0.2, 0.25) is 0 Å². The third kappa shape index (κ3) is 5.58. The molecular weight excluding hydrogens is 318 g/mol. The fourth-order valence-electron chi connectivity index (χ4n) is 2.70. The topological polar surface area (TPSA) is 102 Å². The number of carbonyl (C=O) groups is 1. The summed E-state index contributed by atoms with van der Waals surface area (Å²) in [6.07, 6.45) is 0.653. The number of primary sulfonamides is 1. The van der Waals surface area contributed by atoms with Gasteiger partial charge in [-0.05, 0) is 32.0 Å². The number of nitrogens with one attached hydrogen (secondary N) is 1. The van der Waals surface area contributed by atoms with E-state index < -0.39 is 10.0 Å². The Bertz CT molecular complexity index is 652. The van der Waals surface area contributed by atoms with Crippen molar-refractivity contribution in [2.24, 2.45) is 5.14 Å². The van der Waals surface area contributed by atoms with Crippen LogP contribution in [0.1, 0.15) is 20.3 Å². The molecule has 0 aromatic heterocycles. The molecule has 23 heavy (non-hydrogen) atoms. The lowest BCUT2D eigenvalue weighted by Gasteiger charge is -2.35. The van der Waals surface area contributed by atoms with E-state index in [9.17, 15) is 13.2 Å². The molecule has 2 atom stereocenters. The zero-order valence-electron chi connectivity index (χ0n) is 13.4. The summed E-state index contributed by atoms with van der Waals surface area (Å²) in [5.74, 6) is -0.164. The molecule has 1 aliphatic rings. The summed E-state index contributed by atoms with van der Waals surface area (Å²) in [5, 5.41) is 7.78. The third-order valence-electron chi connectivity index (χ3n) is 3.60. The Morgan fingerprint density at radius 2 is 2.00 bits per heavy atom. The molecule has 3 N–H and O–H groups in total. The summed E-state index contributed by atoms with van der Waals surface area (Å²) in [6.45, 7) is 6.28. The van der Waals surface area contributed by atoms with Gasteiger partial charge in [0.1, 0.15) is 0 Å². The van der Waals surface area contributed by atoms with Gasteiger partial charge >= 0.3 is 0 Å². The minimum absolute atomic E-state index is 0.0221. The number of morpholine rings is 1. The van der Waals surface area contributed by atoms with Crippen molar-refractivity contribution in [3.05, 3.63) is 24.3 Å². The van der Waals surface area contributed by atoms with E-state index in [1.807, 2.05) is 13.8 Å². The molecule has 0 aliphatic carbocycles. The molecule has 1 fully saturated rings. The van der Waals surface area contributed by atoms with Gasteiger partial charge in [-0.2, -0.15) is 0 Å². The second-order valence-corrected chi connectivity index (χ2v) is 7.45. The molecule has 0 bridgehead atoms. The summed E-state index contributed by atoms with van der Waals surface area (Å²) < 4.78 is 28.3. The highest BCUT2D eigenvalue weighted by Crippen LogP contribution is 2.15. The Morgan fingerprint density at radius 3 is 2.61 bits per heavy atom. The highest BCUT2D eigenvalue weighted by atomic mass is 32.2. The molecule has 1 saturated heterocycles. The summed E-state index contributed by atoms with van der Waals surface area (Å²) >= 11 is 0. The van der Waals surface area contributed by atoms with E-state index >= 15 is 0 Å². The third-order valence-corrected chi connectivity index (χ3v) is 4.51. The Balaban J connectivity index is 1.88. The number of hydrogen-bond donors (Lipinski definition) is 2. The number of nitrogens with zero attached hydrogens (tertiary/aromatic N) is 1. The van der Waals surface area contributed by atoms with E-state index in [4.69, 9.17) is 9.88 Å². The minimum Gasteiger partial charge on any atom is -0.373 e. The van der Waals surface area contributed by atoms with Crippen molar-refractivity contribution in [3.63, 3.8) is 0 Å². The molecule has 1 aromatic carbocycles. The van der Waals surface area contributed by atoms with Gasteiger partial charge in [0.2, 0.25) is 15.9 Å². The quantitative estimate of drug-likeness (QED) is 0.824. The summed E-state index contributed by atoms with van der Waals surface area (Å²) in [4.78, 5) is 14.2. The number of carbonyl (C=O) groups excluding carboxylic acids is 1. The van der Waals surface area contributed by atoms with Crippen molar-refractivity contribution >= 4 is 21.6 Å². The van der Waals surface area contributed by atoms with Crippen LogP contribution in [0, 0.1) is 0 Å². The SMILES string of the molecule is C[C@H]1CN(CCC(=O)Nc2cccc(S(N)(=O)=O)c2)C[C@H](C)O1. The van der Waals surface area contributed by atoms with Gasteiger partial charge in [0.25, 0.3) is 0 Å². The highest BCUT2D eigenvalue weighted by Gasteiger charge is 2.22. The minimum atomic E-state index is -3.78. The van der Waals surface area contributed by atoms with Gasteiger partial charge in [-0.15, -0.1) is 0 Å². The molecule has 1 aromatic rings. The van der Waals surface area contributed by atoms with Crippen LogP contribution in [0.5, 0.6) is 0 Å². The first-order valence-electron chi connectivity index (χ1n) is 7.54. The normalized spacial score (nSPS) is 22.7. The van der Waals surface area contributed by atoms with Crippen LogP contribution in [0.4, 0.5) is 5.69 Å². The Morgan fingerprint density at radius 1 is 1.35 bits per heavy atom. The predicted octanol–water partition coefficient (Wildman–Crippen LogP) is 0.772. The van der Waals surface area contributed by atoms with Gasteiger partial charge in [0, 0.05) is 31.7 Å². The van der Waals surface area contributed by atoms with E-state index in [0.717, 1.165) is 13.1 Å². The molecule has 8 heteroatoms. The molecular formula is C15H23N3O4S. The maximum Gasteiger partial charge on any atom is 0.238 e. The van der Waals surface area contributed by atoms with Crippen LogP contribution in [-0.2, 0) is 19.6 Å². The molecule has 0 spiro atoms. The highest BCUT2D eigenvalue weighted by molar-refractivity contribution is 7.89. The van der Waals surface area contributed by atoms with E-state index in [2.05, 4.69) is 10.2 Å². The molecule has 0 radical (unpaired) electrons. The number of anilines is 1. The molecule has 128 valence electrons. The van der Waals surface area contributed by atoms with Crippen LogP contribution in [0.15, 0.2) is 29.2 Å². The Kier molecular flexibility index (Phi) is 5.74. The van der Waals surface area contributed by atoms with E-state index in [-0.39, 0.29) is 23.0 Å². The van der Waals surface area contributed by atoms with Crippen molar-refractivity contribution < 1.29 is 17.9 Å². The lowest BCUT2D eigenvalue weighted by atomic mass is 10.2. The first kappa shape index (κ1) is 17.9. The number of amides is 1. The standard InChI is InChI=1S/C15H23N3O4S/c1-11-9-18(10-12(2)22-11)7-6-15(19)17-13-4-3-5-14(8-13)23(16,20)21/h3-5,8,11-12H,6-7,9-10H2,1-2H3,(H,17,19)(H2,16,20,21)/t11-,12-/m0/s1. The van der Waals surface area contributed by atoms with Crippen molar-refractivity contribution in [2.45, 2.75) is 37.4 Å². The first-order chi connectivity index (χ1) is 10.7. The van der Waals surface area contributed by atoms with E-state index in [0.29, 0.717) is 18.7 Å². The number of benzene rings is 1. The second kappa shape index (κ2) is 7.39. The van der Waals surface area contributed by atoms with Crippen LogP contribution in [0.3, 0.4) is 0 Å². The Hall–Kier alpha value is -1.48. The lowest BCUT2D eigenvalue weighted by molar-refractivity contribution is -0.117. The number of sulfonamides is 1. The van der Waals surface area contributed by atoms with Crippen LogP contribution >= 0.6 is 0 Å². The molecule has 1 heterocycles. The molecule has 7 nitrogen and oxygen atoms in total. The summed E-state index contributed by atoms with van der Waals surface area (Å²) in [7, 11) is -3.78. The van der Waals surface area contributed by atoms with Gasteiger partial charge in [0.15, 0.2) is 0 Å². The maximum absolute atomic E-state index is 12.0. The van der Waals surface area contributed by atoms with Gasteiger partial charge in [0.05, 0.1) is 17.1 Å². The molecule has 0 unspecified atom stereocenters. The first-order valence-corrected chi connectivity index (χ1v) is 9.09. The van der Waals surface area contributed by atoms with Crippen molar-refractivity contribution in [1.29, 1.82) is 0 Å². The lowest BCUT2D eigenvalue weighted by Crippen LogP contribution is -2.46. The fourth-order valence-corrected chi connectivity index (χ4v) is 3.26. The number of hydrogen-bond acceptors (Lipinski definition) is 5. The smallest absolute Gasteiger partial charge is 0.238 e. The average molecular weight is 341 g/mol. The summed E-state index contributed by atoms with van der Waals surface area (Å²) in [5.41, 5.74) is 0.422. The van der Waals surface area contributed by atoms with E-state index in [1.165, 1.54) is 12.1 Å². The van der Waals surface area contributed by atoms with Crippen LogP contribution in [0.25, 0.3) is 0 Å². The zero-order valence-corrected chi connectivity index (χ0v) is 14.2. The maximum atomic E-state index is 12.0. The van der Waals surface area contributed by atoms with Crippen molar-refractivity contribution in [1.82, 2.24) is 4.90 Å². The predicted molar refractivity (Wildman–Crippen MR) is 87.5 cm³/mol. The van der Waals surface area contributed by atoms with Crippen molar-refractivity contribution in [2.75, 3.05) is 25.0 Å². The number of ether oxygens (including phenoxy) is 1. The molecule has 1 amide bonds. The van der Waals surface area contributed by atoms with Gasteiger partial charge in [-0.3, -0.25) is 9.69 Å². The van der Waals surface area contributed by atoms with Crippen LogP contribution < -0.4 is 10.5 Å². The largest absolute Gasteiger partial charge is 0.373 e. The molecule has 2 rings (SSSR count). The summed E-state index contributed by atoms with van der Waals surface area (Å²) in [6, 6.07) is 5.92.